The number of nitrogens with zero attached hydrogens (tertiary/aromatic N) is 4. The van der Waals surface area contributed by atoms with Crippen molar-refractivity contribution in [2.75, 3.05) is 57.7 Å². The number of aromatic nitrogens is 2. The summed E-state index contributed by atoms with van der Waals surface area (Å²) in [7, 11) is 5.34. The first-order valence-corrected chi connectivity index (χ1v) is 11.9. The number of ether oxygens (including phenoxy) is 2. The summed E-state index contributed by atoms with van der Waals surface area (Å²) in [6.45, 7) is 4.05. The largest absolute Gasteiger partial charge is 0.496 e. The number of anilines is 3. The quantitative estimate of drug-likeness (QED) is 0.417. The van der Waals surface area contributed by atoms with E-state index < -0.39 is 0 Å². The number of likely N-dealkylation sites (N-methyl/N-ethyl adjacent to an activating group) is 1. The number of hydrogen-bond acceptors (Lipinski definition) is 8. The SMILES string of the molecule is COc1cc(N2CCN(C)CC2)ccc1Nc1ncc2scc(-c3ccc(F)cc3OC)c2n1. The molecule has 0 aliphatic carbocycles. The molecule has 0 atom stereocenters. The smallest absolute Gasteiger partial charge is 0.227 e. The van der Waals surface area contributed by atoms with E-state index in [-0.39, 0.29) is 5.82 Å². The lowest BCUT2D eigenvalue weighted by Crippen LogP contribution is -2.44. The number of methoxy groups -OCH3 is 2. The van der Waals surface area contributed by atoms with Crippen LogP contribution in [-0.4, -0.2) is 62.3 Å². The summed E-state index contributed by atoms with van der Waals surface area (Å²) in [5.41, 5.74) is 4.36. The van der Waals surface area contributed by atoms with Gasteiger partial charge < -0.3 is 24.6 Å². The zero-order valence-corrected chi connectivity index (χ0v) is 20.2. The van der Waals surface area contributed by atoms with E-state index >= 15 is 0 Å². The van der Waals surface area contributed by atoms with E-state index in [0.717, 1.165) is 64.6 Å². The van der Waals surface area contributed by atoms with Crippen LogP contribution in [0.25, 0.3) is 21.3 Å². The predicted octanol–water partition coefficient (Wildman–Crippen LogP) is 5.01. The molecule has 1 saturated heterocycles. The first kappa shape index (κ1) is 22.4. The topological polar surface area (TPSA) is 62.8 Å². The maximum atomic E-state index is 13.7. The number of benzene rings is 2. The van der Waals surface area contributed by atoms with Gasteiger partial charge in [-0.1, -0.05) is 0 Å². The third-order valence-electron chi connectivity index (χ3n) is 6.07. The molecule has 9 heteroatoms. The van der Waals surface area contributed by atoms with Crippen molar-refractivity contribution in [3.63, 3.8) is 0 Å². The van der Waals surface area contributed by atoms with Gasteiger partial charge in [0.15, 0.2) is 0 Å². The molecule has 2 aromatic heterocycles. The molecule has 2 aromatic carbocycles. The van der Waals surface area contributed by atoms with Crippen molar-refractivity contribution in [3.8, 4) is 22.6 Å². The van der Waals surface area contributed by atoms with Crippen LogP contribution in [0.15, 0.2) is 48.0 Å². The van der Waals surface area contributed by atoms with Crippen molar-refractivity contribution in [2.45, 2.75) is 0 Å². The second-order valence-electron chi connectivity index (χ2n) is 8.20. The molecule has 4 aromatic rings. The van der Waals surface area contributed by atoms with Crippen LogP contribution in [0.2, 0.25) is 0 Å². The Hall–Kier alpha value is -3.43. The third-order valence-corrected chi connectivity index (χ3v) is 6.97. The molecule has 0 unspecified atom stereocenters. The van der Waals surface area contributed by atoms with Crippen molar-refractivity contribution < 1.29 is 13.9 Å². The molecule has 0 bridgehead atoms. The summed E-state index contributed by atoms with van der Waals surface area (Å²) in [5.74, 6) is 1.31. The first-order valence-electron chi connectivity index (χ1n) is 11.0. The van der Waals surface area contributed by atoms with Crippen LogP contribution >= 0.6 is 11.3 Å². The van der Waals surface area contributed by atoms with Crippen molar-refractivity contribution in [3.05, 3.63) is 53.8 Å². The summed E-state index contributed by atoms with van der Waals surface area (Å²) in [6.07, 6.45) is 1.79. The Morgan fingerprint density at radius 2 is 1.76 bits per heavy atom. The Bertz CT molecular complexity index is 1320. The van der Waals surface area contributed by atoms with Gasteiger partial charge in [-0.05, 0) is 31.3 Å². The fourth-order valence-corrected chi connectivity index (χ4v) is 5.00. The Labute approximate surface area is 201 Å². The lowest BCUT2D eigenvalue weighted by atomic mass is 10.1. The summed E-state index contributed by atoms with van der Waals surface area (Å²) in [4.78, 5) is 13.9. The molecule has 1 aliphatic heterocycles. The van der Waals surface area contributed by atoms with Gasteiger partial charge in [0.2, 0.25) is 5.95 Å². The van der Waals surface area contributed by atoms with Gasteiger partial charge in [0, 0.05) is 60.5 Å². The van der Waals surface area contributed by atoms with Gasteiger partial charge >= 0.3 is 0 Å². The zero-order chi connectivity index (χ0) is 23.7. The van der Waals surface area contributed by atoms with E-state index in [2.05, 4.69) is 33.2 Å². The van der Waals surface area contributed by atoms with Crippen molar-refractivity contribution in [2.24, 2.45) is 0 Å². The van der Waals surface area contributed by atoms with Crippen LogP contribution in [-0.2, 0) is 0 Å². The van der Waals surface area contributed by atoms with Crippen LogP contribution in [0.3, 0.4) is 0 Å². The highest BCUT2D eigenvalue weighted by molar-refractivity contribution is 7.17. The fourth-order valence-electron chi connectivity index (χ4n) is 4.13. The normalized spacial score (nSPS) is 14.4. The summed E-state index contributed by atoms with van der Waals surface area (Å²) >= 11 is 1.54. The molecule has 0 saturated carbocycles. The van der Waals surface area contributed by atoms with Crippen LogP contribution in [0, 0.1) is 5.82 Å². The molecule has 1 aliphatic rings. The molecule has 0 amide bonds. The predicted molar refractivity (Wildman–Crippen MR) is 135 cm³/mol. The molecule has 176 valence electrons. The van der Waals surface area contributed by atoms with Gasteiger partial charge in [0.1, 0.15) is 17.3 Å². The number of thiophene rings is 1. The highest BCUT2D eigenvalue weighted by atomic mass is 32.1. The van der Waals surface area contributed by atoms with E-state index in [1.807, 2.05) is 17.5 Å². The molecule has 7 nitrogen and oxygen atoms in total. The van der Waals surface area contributed by atoms with E-state index in [0.29, 0.717) is 11.7 Å². The lowest BCUT2D eigenvalue weighted by Gasteiger charge is -2.34. The highest BCUT2D eigenvalue weighted by Crippen LogP contribution is 2.39. The Morgan fingerprint density at radius 3 is 2.53 bits per heavy atom. The van der Waals surface area contributed by atoms with Gasteiger partial charge in [0.25, 0.3) is 0 Å². The number of rotatable bonds is 6. The molecule has 1 N–H and O–H groups in total. The summed E-state index contributed by atoms with van der Waals surface area (Å²) < 4.78 is 25.7. The number of fused-ring (bicyclic) bond motifs is 1. The van der Waals surface area contributed by atoms with Crippen LogP contribution < -0.4 is 19.7 Å². The molecule has 0 spiro atoms. The highest BCUT2D eigenvalue weighted by Gasteiger charge is 2.18. The molecule has 5 rings (SSSR count). The molecule has 34 heavy (non-hydrogen) atoms. The maximum absolute atomic E-state index is 13.7. The molecule has 0 radical (unpaired) electrons. The van der Waals surface area contributed by atoms with E-state index in [1.54, 1.807) is 19.4 Å². The van der Waals surface area contributed by atoms with Crippen molar-refractivity contribution in [1.29, 1.82) is 0 Å². The Morgan fingerprint density at radius 1 is 0.971 bits per heavy atom. The number of halogens is 1. The number of piperazine rings is 1. The standard InChI is InChI=1S/C25H26FN5O2S/c1-30-8-10-31(11-9-30)17-5-7-20(22(13-17)33-3)28-25-27-14-23-24(29-25)19(15-34-23)18-6-4-16(26)12-21(18)32-2/h4-7,12-15H,8-11H2,1-3H3,(H,27,28,29). The average Bonchev–Trinajstić information content (AvgIpc) is 3.28. The Balaban J connectivity index is 1.45. The number of nitrogens with one attached hydrogen (secondary N) is 1. The minimum atomic E-state index is -0.343. The van der Waals surface area contributed by atoms with E-state index in [4.69, 9.17) is 14.5 Å². The third kappa shape index (κ3) is 4.36. The van der Waals surface area contributed by atoms with Crippen molar-refractivity contribution >= 4 is 38.9 Å². The van der Waals surface area contributed by atoms with Gasteiger partial charge in [-0.2, -0.15) is 0 Å². The van der Waals surface area contributed by atoms with E-state index in [1.165, 1.54) is 30.6 Å². The van der Waals surface area contributed by atoms with Gasteiger partial charge in [-0.3, -0.25) is 0 Å². The van der Waals surface area contributed by atoms with Crippen LogP contribution in [0.1, 0.15) is 0 Å². The van der Waals surface area contributed by atoms with E-state index in [9.17, 15) is 4.39 Å². The lowest BCUT2D eigenvalue weighted by molar-refractivity contribution is 0.312. The second kappa shape index (κ2) is 9.44. The molecule has 3 heterocycles. The average molecular weight is 480 g/mol. The summed E-state index contributed by atoms with van der Waals surface area (Å²) in [6, 6.07) is 10.7. The molecular weight excluding hydrogens is 453 g/mol. The van der Waals surface area contributed by atoms with Gasteiger partial charge in [-0.25, -0.2) is 14.4 Å². The number of hydrogen-bond donors (Lipinski definition) is 1. The Kier molecular flexibility index (Phi) is 6.21. The van der Waals surface area contributed by atoms with Crippen LogP contribution in [0.5, 0.6) is 11.5 Å². The molecular formula is C25H26FN5O2S. The monoisotopic (exact) mass is 479 g/mol. The second-order valence-corrected chi connectivity index (χ2v) is 9.11. The molecule has 1 fully saturated rings. The van der Waals surface area contributed by atoms with Crippen molar-refractivity contribution in [1.82, 2.24) is 14.9 Å². The van der Waals surface area contributed by atoms with Gasteiger partial charge in [-0.15, -0.1) is 11.3 Å². The first-order chi connectivity index (χ1) is 16.6. The van der Waals surface area contributed by atoms with Crippen LogP contribution in [0.4, 0.5) is 21.7 Å². The minimum absolute atomic E-state index is 0.343. The maximum Gasteiger partial charge on any atom is 0.227 e. The summed E-state index contributed by atoms with van der Waals surface area (Å²) in [5, 5.41) is 5.29. The fraction of sp³-hybridized carbons (Fsp3) is 0.280. The zero-order valence-electron chi connectivity index (χ0n) is 19.3. The minimum Gasteiger partial charge on any atom is -0.496 e. The van der Waals surface area contributed by atoms with Gasteiger partial charge in [0.05, 0.1) is 36.3 Å².